The molecule has 0 bridgehead atoms. The van der Waals surface area contributed by atoms with Crippen LogP contribution in [0.15, 0.2) is 12.4 Å². The lowest BCUT2D eigenvalue weighted by Crippen LogP contribution is -2.20. The summed E-state index contributed by atoms with van der Waals surface area (Å²) in [5, 5.41) is 3.23. The van der Waals surface area contributed by atoms with Crippen LogP contribution in [0.25, 0.3) is 0 Å². The standard InChI is InChI=1S/C10H16ClN3O/c1-7(2)8(11)5-12-9-4-10(15-3)14-6-13-9/h4,6-8H,5H2,1-3H3,(H,12,13,14). The molecule has 1 aromatic heterocycles. The first-order chi connectivity index (χ1) is 7.13. The summed E-state index contributed by atoms with van der Waals surface area (Å²) < 4.78 is 4.99. The molecule has 0 saturated carbocycles. The van der Waals surface area contributed by atoms with Crippen molar-refractivity contribution in [3.05, 3.63) is 12.4 Å². The Bertz CT molecular complexity index is 306. The number of rotatable bonds is 5. The predicted molar refractivity (Wildman–Crippen MR) is 61.6 cm³/mol. The smallest absolute Gasteiger partial charge is 0.218 e. The Hall–Kier alpha value is -1.03. The molecule has 1 N–H and O–H groups in total. The van der Waals surface area contributed by atoms with Gasteiger partial charge in [0.15, 0.2) is 0 Å². The van der Waals surface area contributed by atoms with Crippen LogP contribution in [-0.4, -0.2) is 29.0 Å². The van der Waals surface area contributed by atoms with Gasteiger partial charge < -0.3 is 10.1 Å². The van der Waals surface area contributed by atoms with Crippen molar-refractivity contribution in [3.8, 4) is 5.88 Å². The minimum absolute atomic E-state index is 0.0889. The summed E-state index contributed by atoms with van der Waals surface area (Å²) in [6.45, 7) is 4.85. The molecule has 5 heteroatoms. The molecule has 1 heterocycles. The molecule has 0 aliphatic carbocycles. The van der Waals surface area contributed by atoms with Gasteiger partial charge in [-0.15, -0.1) is 11.6 Å². The highest BCUT2D eigenvalue weighted by atomic mass is 35.5. The summed E-state index contributed by atoms with van der Waals surface area (Å²) in [5.74, 6) is 1.71. The third-order valence-electron chi connectivity index (χ3n) is 2.05. The largest absolute Gasteiger partial charge is 0.481 e. The van der Waals surface area contributed by atoms with Gasteiger partial charge in [0.1, 0.15) is 12.1 Å². The zero-order chi connectivity index (χ0) is 11.3. The molecule has 1 atom stereocenters. The maximum absolute atomic E-state index is 6.10. The van der Waals surface area contributed by atoms with Crippen molar-refractivity contribution in [1.29, 1.82) is 0 Å². The van der Waals surface area contributed by atoms with Crippen molar-refractivity contribution in [3.63, 3.8) is 0 Å². The first-order valence-corrected chi connectivity index (χ1v) is 5.31. The molecule has 0 aliphatic rings. The number of nitrogens with zero attached hydrogens (tertiary/aromatic N) is 2. The Morgan fingerprint density at radius 2 is 2.20 bits per heavy atom. The van der Waals surface area contributed by atoms with Gasteiger partial charge in [-0.05, 0) is 5.92 Å². The van der Waals surface area contributed by atoms with E-state index >= 15 is 0 Å². The van der Waals surface area contributed by atoms with Crippen molar-refractivity contribution >= 4 is 17.4 Å². The van der Waals surface area contributed by atoms with E-state index in [0.717, 1.165) is 5.82 Å². The summed E-state index contributed by atoms with van der Waals surface area (Å²) in [5.41, 5.74) is 0. The molecule has 0 spiro atoms. The van der Waals surface area contributed by atoms with Gasteiger partial charge in [-0.2, -0.15) is 0 Å². The number of anilines is 1. The van der Waals surface area contributed by atoms with Gasteiger partial charge in [-0.3, -0.25) is 0 Å². The van der Waals surface area contributed by atoms with Crippen molar-refractivity contribution in [2.75, 3.05) is 19.0 Å². The van der Waals surface area contributed by atoms with E-state index in [1.807, 2.05) is 0 Å². The molecule has 15 heavy (non-hydrogen) atoms. The zero-order valence-corrected chi connectivity index (χ0v) is 9.95. The van der Waals surface area contributed by atoms with Gasteiger partial charge in [0, 0.05) is 12.6 Å². The fourth-order valence-electron chi connectivity index (χ4n) is 0.986. The van der Waals surface area contributed by atoms with E-state index in [0.29, 0.717) is 18.3 Å². The van der Waals surface area contributed by atoms with Crippen LogP contribution >= 0.6 is 11.6 Å². The van der Waals surface area contributed by atoms with Gasteiger partial charge in [-0.25, -0.2) is 9.97 Å². The van der Waals surface area contributed by atoms with Crippen LogP contribution < -0.4 is 10.1 Å². The lowest BCUT2D eigenvalue weighted by Gasteiger charge is -2.14. The molecule has 0 fully saturated rings. The molecular weight excluding hydrogens is 214 g/mol. The van der Waals surface area contributed by atoms with Gasteiger partial charge in [-0.1, -0.05) is 13.8 Å². The third-order valence-corrected chi connectivity index (χ3v) is 2.71. The summed E-state index contributed by atoms with van der Waals surface area (Å²) in [4.78, 5) is 7.97. The Kier molecular flexibility index (Phi) is 4.62. The lowest BCUT2D eigenvalue weighted by atomic mass is 10.1. The van der Waals surface area contributed by atoms with E-state index in [-0.39, 0.29) is 5.38 Å². The number of aromatic nitrogens is 2. The Morgan fingerprint density at radius 3 is 2.80 bits per heavy atom. The molecule has 0 saturated heterocycles. The molecule has 1 unspecified atom stereocenters. The second kappa shape index (κ2) is 5.75. The van der Waals surface area contributed by atoms with Crippen LogP contribution in [0.2, 0.25) is 0 Å². The maximum atomic E-state index is 6.10. The van der Waals surface area contributed by atoms with E-state index in [1.54, 1.807) is 13.2 Å². The van der Waals surface area contributed by atoms with Crippen LogP contribution in [0, 0.1) is 5.92 Å². The average molecular weight is 230 g/mol. The number of halogens is 1. The van der Waals surface area contributed by atoms with Gasteiger partial charge >= 0.3 is 0 Å². The quantitative estimate of drug-likeness (QED) is 0.787. The fraction of sp³-hybridized carbons (Fsp3) is 0.600. The molecule has 0 aliphatic heterocycles. The Balaban J connectivity index is 2.50. The van der Waals surface area contributed by atoms with Gasteiger partial charge in [0.2, 0.25) is 5.88 Å². The SMILES string of the molecule is COc1cc(NCC(Cl)C(C)C)ncn1. The number of hydrogen-bond acceptors (Lipinski definition) is 4. The number of hydrogen-bond donors (Lipinski definition) is 1. The number of alkyl halides is 1. The van der Waals surface area contributed by atoms with Crippen LogP contribution in [-0.2, 0) is 0 Å². The van der Waals surface area contributed by atoms with Crippen molar-refractivity contribution in [2.45, 2.75) is 19.2 Å². The molecule has 84 valence electrons. The number of nitrogens with one attached hydrogen (secondary N) is 1. The third kappa shape index (κ3) is 3.91. The monoisotopic (exact) mass is 229 g/mol. The van der Waals surface area contributed by atoms with Crippen LogP contribution in [0.1, 0.15) is 13.8 Å². The number of ether oxygens (including phenoxy) is 1. The Labute approximate surface area is 95.0 Å². The maximum Gasteiger partial charge on any atom is 0.218 e. The van der Waals surface area contributed by atoms with E-state index < -0.39 is 0 Å². The minimum Gasteiger partial charge on any atom is -0.481 e. The summed E-state index contributed by atoms with van der Waals surface area (Å²) >= 11 is 6.10. The second-order valence-electron chi connectivity index (χ2n) is 3.59. The van der Waals surface area contributed by atoms with Crippen molar-refractivity contribution in [2.24, 2.45) is 5.92 Å². The number of methoxy groups -OCH3 is 1. The molecule has 0 aromatic carbocycles. The van der Waals surface area contributed by atoms with E-state index in [2.05, 4.69) is 29.1 Å². The molecule has 1 aromatic rings. The Morgan fingerprint density at radius 1 is 1.47 bits per heavy atom. The van der Waals surface area contributed by atoms with E-state index in [4.69, 9.17) is 16.3 Å². The van der Waals surface area contributed by atoms with E-state index in [9.17, 15) is 0 Å². The second-order valence-corrected chi connectivity index (χ2v) is 4.15. The molecular formula is C10H16ClN3O. The molecule has 1 rings (SSSR count). The summed E-state index contributed by atoms with van der Waals surface area (Å²) in [6.07, 6.45) is 1.46. The highest BCUT2D eigenvalue weighted by Crippen LogP contribution is 2.13. The van der Waals surface area contributed by atoms with Gasteiger partial charge in [0.25, 0.3) is 0 Å². The van der Waals surface area contributed by atoms with Crippen LogP contribution in [0.4, 0.5) is 5.82 Å². The van der Waals surface area contributed by atoms with E-state index in [1.165, 1.54) is 6.33 Å². The fourth-order valence-corrected chi connectivity index (χ4v) is 1.06. The first-order valence-electron chi connectivity index (χ1n) is 4.87. The zero-order valence-electron chi connectivity index (χ0n) is 9.20. The normalized spacial score (nSPS) is 12.6. The highest BCUT2D eigenvalue weighted by molar-refractivity contribution is 6.21. The minimum atomic E-state index is 0.0889. The molecule has 0 radical (unpaired) electrons. The van der Waals surface area contributed by atoms with Gasteiger partial charge in [0.05, 0.1) is 12.5 Å². The predicted octanol–water partition coefficient (Wildman–Crippen LogP) is 2.16. The lowest BCUT2D eigenvalue weighted by molar-refractivity contribution is 0.397. The van der Waals surface area contributed by atoms with Crippen molar-refractivity contribution < 1.29 is 4.74 Å². The topological polar surface area (TPSA) is 47.0 Å². The average Bonchev–Trinajstić information content (AvgIpc) is 2.26. The highest BCUT2D eigenvalue weighted by Gasteiger charge is 2.09. The van der Waals surface area contributed by atoms with Crippen LogP contribution in [0.5, 0.6) is 5.88 Å². The van der Waals surface area contributed by atoms with Crippen molar-refractivity contribution in [1.82, 2.24) is 9.97 Å². The first kappa shape index (κ1) is 12.0. The molecule has 4 nitrogen and oxygen atoms in total. The molecule has 0 amide bonds. The summed E-state index contributed by atoms with van der Waals surface area (Å²) in [7, 11) is 1.57. The summed E-state index contributed by atoms with van der Waals surface area (Å²) in [6, 6.07) is 1.74. The van der Waals surface area contributed by atoms with Crippen LogP contribution in [0.3, 0.4) is 0 Å².